The summed E-state index contributed by atoms with van der Waals surface area (Å²) in [6, 6.07) is 12.5. The lowest BCUT2D eigenvalue weighted by Gasteiger charge is -2.06. The van der Waals surface area contributed by atoms with Gasteiger partial charge < -0.3 is 10.4 Å². The minimum absolute atomic E-state index is 0.0826. The van der Waals surface area contributed by atoms with E-state index in [2.05, 4.69) is 4.98 Å². The minimum Gasteiger partial charge on any atom is -0.618 e. The molecule has 126 valence electrons. The third-order valence-corrected chi connectivity index (χ3v) is 4.98. The van der Waals surface area contributed by atoms with Gasteiger partial charge >= 0.3 is 5.69 Å². The summed E-state index contributed by atoms with van der Waals surface area (Å²) in [6.07, 6.45) is 2.66. The summed E-state index contributed by atoms with van der Waals surface area (Å²) in [7, 11) is 0. The molecule has 0 aliphatic rings. The van der Waals surface area contributed by atoms with Crippen molar-refractivity contribution in [1.82, 2.24) is 4.98 Å². The molecule has 0 aromatic carbocycles. The van der Waals surface area contributed by atoms with Gasteiger partial charge in [-0.05, 0) is 18.2 Å². The normalized spacial score (nSPS) is 10.6. The molecule has 0 aliphatic heterocycles. The molecule has 10 heteroatoms. The molecule has 0 atom stereocenters. The molecule has 3 aromatic rings. The SMILES string of the molecule is O=[N+]([O-])c1ccc(Sc2cccc[n+]2[O-])nc1Sc1cccc[n+]1[O-]. The van der Waals surface area contributed by atoms with E-state index in [0.29, 0.717) is 19.5 Å². The topological polar surface area (TPSA) is 110 Å². The van der Waals surface area contributed by atoms with Crippen LogP contribution >= 0.6 is 23.5 Å². The van der Waals surface area contributed by atoms with Gasteiger partial charge in [0.05, 0.1) is 4.92 Å². The number of hydrogen-bond donors (Lipinski definition) is 0. The molecular formula is C15H10N4O4S2. The highest BCUT2D eigenvalue weighted by Crippen LogP contribution is 2.34. The van der Waals surface area contributed by atoms with Crippen LogP contribution in [0.5, 0.6) is 0 Å². The molecule has 0 fully saturated rings. The van der Waals surface area contributed by atoms with Crippen molar-refractivity contribution in [2.75, 3.05) is 0 Å². The first-order valence-electron chi connectivity index (χ1n) is 6.92. The van der Waals surface area contributed by atoms with Crippen molar-refractivity contribution in [1.29, 1.82) is 0 Å². The van der Waals surface area contributed by atoms with Crippen LogP contribution in [0.25, 0.3) is 0 Å². The van der Waals surface area contributed by atoms with Crippen LogP contribution in [0.3, 0.4) is 0 Å². The Morgan fingerprint density at radius 1 is 0.880 bits per heavy atom. The summed E-state index contributed by atoms with van der Waals surface area (Å²) in [6.45, 7) is 0. The van der Waals surface area contributed by atoms with Gasteiger partial charge in [-0.2, -0.15) is 9.46 Å². The summed E-state index contributed by atoms with van der Waals surface area (Å²) < 4.78 is 1.29. The van der Waals surface area contributed by atoms with E-state index in [1.165, 1.54) is 24.5 Å². The third kappa shape index (κ3) is 3.98. The average Bonchev–Trinajstić information content (AvgIpc) is 2.59. The number of aromatic nitrogens is 3. The molecular weight excluding hydrogens is 364 g/mol. The zero-order chi connectivity index (χ0) is 17.8. The molecule has 8 nitrogen and oxygen atoms in total. The lowest BCUT2D eigenvalue weighted by molar-refractivity contribution is -0.645. The van der Waals surface area contributed by atoms with Crippen LogP contribution in [0.15, 0.2) is 81.0 Å². The van der Waals surface area contributed by atoms with Crippen LogP contribution in [0.4, 0.5) is 5.69 Å². The van der Waals surface area contributed by atoms with Crippen molar-refractivity contribution in [3.63, 3.8) is 0 Å². The first-order chi connectivity index (χ1) is 12.0. The Hall–Kier alpha value is -2.85. The summed E-state index contributed by atoms with van der Waals surface area (Å²) >= 11 is 1.98. The fourth-order valence-corrected chi connectivity index (χ4v) is 3.61. The van der Waals surface area contributed by atoms with E-state index in [1.54, 1.807) is 36.4 Å². The monoisotopic (exact) mass is 374 g/mol. The maximum Gasteiger partial charge on any atom is 0.302 e. The van der Waals surface area contributed by atoms with Crippen molar-refractivity contribution < 1.29 is 14.4 Å². The number of hydrogen-bond acceptors (Lipinski definition) is 7. The molecule has 3 aromatic heterocycles. The van der Waals surface area contributed by atoms with Crippen LogP contribution < -0.4 is 9.46 Å². The second-order valence-corrected chi connectivity index (χ2v) is 6.71. The Balaban J connectivity index is 1.96. The zero-order valence-electron chi connectivity index (χ0n) is 12.5. The number of nitrogens with zero attached hydrogens (tertiary/aromatic N) is 4. The van der Waals surface area contributed by atoms with Gasteiger partial charge in [0.2, 0.25) is 0 Å². The van der Waals surface area contributed by atoms with Crippen LogP contribution in [-0.4, -0.2) is 9.91 Å². The Kier molecular flexibility index (Phi) is 5.00. The molecule has 0 saturated heterocycles. The van der Waals surface area contributed by atoms with Gasteiger partial charge in [0, 0.05) is 53.9 Å². The van der Waals surface area contributed by atoms with Crippen LogP contribution in [0.1, 0.15) is 0 Å². The van der Waals surface area contributed by atoms with Gasteiger partial charge in [0.15, 0.2) is 17.4 Å². The molecule has 0 amide bonds. The highest BCUT2D eigenvalue weighted by molar-refractivity contribution is 7.99. The standard InChI is InChI=1S/C15H10N4O4S2/c20-17-9-3-1-5-13(17)24-12-8-7-11(19(22)23)15(16-12)25-14-6-2-4-10-18(14)21/h1-10H. The molecule has 3 heterocycles. The van der Waals surface area contributed by atoms with E-state index < -0.39 is 4.92 Å². The molecule has 3 rings (SSSR count). The number of pyridine rings is 3. The van der Waals surface area contributed by atoms with Gasteiger partial charge in [0.1, 0.15) is 5.03 Å². The lowest BCUT2D eigenvalue weighted by atomic mass is 10.4. The van der Waals surface area contributed by atoms with Crippen molar-refractivity contribution in [2.45, 2.75) is 20.1 Å². The smallest absolute Gasteiger partial charge is 0.302 e. The molecule has 0 aliphatic carbocycles. The molecule has 0 saturated carbocycles. The van der Waals surface area contributed by atoms with Crippen molar-refractivity contribution >= 4 is 29.2 Å². The van der Waals surface area contributed by atoms with Crippen molar-refractivity contribution in [3.05, 3.63) is 81.5 Å². The molecule has 0 bridgehead atoms. The molecule has 0 N–H and O–H groups in total. The lowest BCUT2D eigenvalue weighted by Crippen LogP contribution is -2.27. The Labute approximate surface area is 150 Å². The highest BCUT2D eigenvalue weighted by atomic mass is 32.2. The van der Waals surface area contributed by atoms with E-state index in [-0.39, 0.29) is 15.7 Å². The predicted octanol–water partition coefficient (Wildman–Crippen LogP) is 2.56. The average molecular weight is 374 g/mol. The van der Waals surface area contributed by atoms with Crippen LogP contribution in [0, 0.1) is 20.5 Å². The van der Waals surface area contributed by atoms with E-state index in [0.717, 1.165) is 23.5 Å². The van der Waals surface area contributed by atoms with Gasteiger partial charge in [-0.15, -0.1) is 0 Å². The maximum absolute atomic E-state index is 11.8. The number of rotatable bonds is 5. The second-order valence-electron chi connectivity index (χ2n) is 4.66. The van der Waals surface area contributed by atoms with E-state index in [9.17, 15) is 20.5 Å². The maximum atomic E-state index is 11.8. The third-order valence-electron chi connectivity index (χ3n) is 3.00. The molecule has 0 spiro atoms. The summed E-state index contributed by atoms with van der Waals surface area (Å²) in [5, 5.41) is 35.9. The van der Waals surface area contributed by atoms with Crippen molar-refractivity contribution in [3.8, 4) is 0 Å². The molecule has 0 unspecified atom stereocenters. The molecule has 0 radical (unpaired) electrons. The Morgan fingerprint density at radius 3 is 2.04 bits per heavy atom. The number of nitro groups is 1. The minimum atomic E-state index is -0.557. The summed E-state index contributed by atoms with van der Waals surface area (Å²) in [5.41, 5.74) is -0.207. The fraction of sp³-hybridized carbons (Fsp3) is 0. The quantitative estimate of drug-likeness (QED) is 0.292. The first-order valence-corrected chi connectivity index (χ1v) is 8.55. The summed E-state index contributed by atoms with van der Waals surface area (Å²) in [5.74, 6) is 0. The highest BCUT2D eigenvalue weighted by Gasteiger charge is 2.21. The first kappa shape index (κ1) is 17.0. The van der Waals surface area contributed by atoms with Gasteiger partial charge in [-0.1, -0.05) is 0 Å². The van der Waals surface area contributed by atoms with E-state index >= 15 is 0 Å². The fourth-order valence-electron chi connectivity index (χ4n) is 1.88. The van der Waals surface area contributed by atoms with E-state index in [1.807, 2.05) is 0 Å². The second kappa shape index (κ2) is 7.36. The van der Waals surface area contributed by atoms with Crippen molar-refractivity contribution in [2.24, 2.45) is 0 Å². The Morgan fingerprint density at radius 2 is 1.48 bits per heavy atom. The van der Waals surface area contributed by atoms with Gasteiger partial charge in [-0.3, -0.25) is 10.1 Å². The van der Waals surface area contributed by atoms with Crippen LogP contribution in [-0.2, 0) is 0 Å². The van der Waals surface area contributed by atoms with Gasteiger partial charge in [0.25, 0.3) is 10.1 Å². The largest absolute Gasteiger partial charge is 0.618 e. The predicted molar refractivity (Wildman–Crippen MR) is 89.9 cm³/mol. The molecule has 25 heavy (non-hydrogen) atoms. The zero-order valence-corrected chi connectivity index (χ0v) is 14.1. The summed E-state index contributed by atoms with van der Waals surface area (Å²) in [4.78, 5) is 14.9. The van der Waals surface area contributed by atoms with E-state index in [4.69, 9.17) is 0 Å². The van der Waals surface area contributed by atoms with Gasteiger partial charge in [-0.25, -0.2) is 4.98 Å². The Bertz CT molecular complexity index is 939. The van der Waals surface area contributed by atoms with Crippen LogP contribution in [0.2, 0.25) is 0 Å².